The Morgan fingerprint density at radius 3 is 1.96 bits per heavy atom. The van der Waals surface area contributed by atoms with Gasteiger partial charge in [0.1, 0.15) is 11.4 Å². The summed E-state index contributed by atoms with van der Waals surface area (Å²) in [5.41, 5.74) is 2.00. The molecule has 4 aromatic rings. The van der Waals surface area contributed by atoms with Crippen molar-refractivity contribution in [2.45, 2.75) is 77.7 Å². The first-order chi connectivity index (χ1) is 21.7. The Kier molecular flexibility index (Phi) is 9.73. The molecule has 5 rings (SSSR count). The van der Waals surface area contributed by atoms with E-state index in [4.69, 9.17) is 14.2 Å². The van der Waals surface area contributed by atoms with Crippen LogP contribution in [0.25, 0.3) is 33.6 Å². The van der Waals surface area contributed by atoms with Crippen LogP contribution in [0.5, 0.6) is 0 Å². The van der Waals surface area contributed by atoms with Crippen LogP contribution in [0.15, 0.2) is 42.6 Å². The summed E-state index contributed by atoms with van der Waals surface area (Å²) in [7, 11) is -2.52. The van der Waals surface area contributed by atoms with Crippen LogP contribution in [0.3, 0.4) is 0 Å². The van der Waals surface area contributed by atoms with E-state index in [1.807, 2.05) is 0 Å². The second-order valence-electron chi connectivity index (χ2n) is 13.9. The Morgan fingerprint density at radius 1 is 0.804 bits per heavy atom. The topological polar surface area (TPSA) is 106 Å². The highest BCUT2D eigenvalue weighted by atomic mass is 28.3. The number of esters is 1. The smallest absolute Gasteiger partial charge is 0.361 e. The maximum atomic E-state index is 16.1. The van der Waals surface area contributed by atoms with Crippen LogP contribution in [-0.2, 0) is 33.6 Å². The standard InChI is InChI=1S/C32H42F2N6O4Si2/c1-8-44-31(41)30-29(37-40(38-30)21-43-14-16-46(5,6)7)23-10-12-25-24-11-9-22(17-26(24)32(33,34)27(25)18-23)28-19-35-39(36-28)20-42-13-15-45(2,3)4/h9-12,17-19H,8,13-16,20-21H2,1-7H3. The van der Waals surface area contributed by atoms with Gasteiger partial charge in [-0.1, -0.05) is 63.5 Å². The van der Waals surface area contributed by atoms with Gasteiger partial charge in [-0.2, -0.15) is 33.7 Å². The molecular formula is C32H42F2N6O4Si2. The molecule has 246 valence electrons. The molecule has 0 N–H and O–H groups in total. The quantitative estimate of drug-likeness (QED) is 0.0794. The molecule has 0 bridgehead atoms. The van der Waals surface area contributed by atoms with Crippen molar-refractivity contribution in [2.24, 2.45) is 0 Å². The third-order valence-corrected chi connectivity index (χ3v) is 11.1. The van der Waals surface area contributed by atoms with Crippen molar-refractivity contribution in [1.29, 1.82) is 0 Å². The van der Waals surface area contributed by atoms with Crippen LogP contribution in [0.2, 0.25) is 51.4 Å². The Labute approximate surface area is 270 Å². The molecule has 0 radical (unpaired) electrons. The van der Waals surface area contributed by atoms with Crippen LogP contribution in [0.1, 0.15) is 28.5 Å². The minimum absolute atomic E-state index is 0.0292. The van der Waals surface area contributed by atoms with Crippen molar-refractivity contribution in [2.75, 3.05) is 19.8 Å². The molecule has 46 heavy (non-hydrogen) atoms. The summed E-state index contributed by atoms with van der Waals surface area (Å²) in [6, 6.07) is 11.6. The fraction of sp³-hybridized carbons (Fsp3) is 0.469. The fourth-order valence-corrected chi connectivity index (χ4v) is 6.52. The third-order valence-electron chi connectivity index (χ3n) is 7.64. The molecule has 14 heteroatoms. The van der Waals surface area contributed by atoms with Gasteiger partial charge in [-0.25, -0.2) is 4.79 Å². The average Bonchev–Trinajstić information content (AvgIpc) is 3.68. The molecule has 1 aliphatic rings. The second kappa shape index (κ2) is 13.3. The average molecular weight is 669 g/mol. The van der Waals surface area contributed by atoms with Gasteiger partial charge in [0.05, 0.1) is 12.8 Å². The van der Waals surface area contributed by atoms with Gasteiger partial charge in [0.25, 0.3) is 5.92 Å². The number of hydrogen-bond acceptors (Lipinski definition) is 8. The van der Waals surface area contributed by atoms with Crippen LogP contribution < -0.4 is 0 Å². The molecule has 0 aliphatic heterocycles. The molecule has 2 aromatic carbocycles. The number of alkyl halides is 2. The number of aromatic nitrogens is 6. The number of carbonyl (C=O) groups is 1. The summed E-state index contributed by atoms with van der Waals surface area (Å²) in [4.78, 5) is 15.5. The lowest BCUT2D eigenvalue weighted by molar-refractivity contribution is 0.0479. The van der Waals surface area contributed by atoms with Crippen LogP contribution in [0.4, 0.5) is 8.78 Å². The van der Waals surface area contributed by atoms with E-state index in [0.29, 0.717) is 41.2 Å². The van der Waals surface area contributed by atoms with Crippen LogP contribution in [0, 0.1) is 0 Å². The molecule has 2 aromatic heterocycles. The van der Waals surface area contributed by atoms with Gasteiger partial charge in [-0.05, 0) is 42.3 Å². The van der Waals surface area contributed by atoms with E-state index < -0.39 is 28.0 Å². The fourth-order valence-electron chi connectivity index (χ4n) is 5.01. The summed E-state index contributed by atoms with van der Waals surface area (Å²) < 4.78 is 48.9. The summed E-state index contributed by atoms with van der Waals surface area (Å²) >= 11 is 0. The largest absolute Gasteiger partial charge is 0.461 e. The van der Waals surface area contributed by atoms with Crippen molar-refractivity contribution in [1.82, 2.24) is 30.0 Å². The first-order valence-corrected chi connectivity index (χ1v) is 22.9. The molecule has 10 nitrogen and oxygen atoms in total. The molecule has 0 fully saturated rings. The molecular weight excluding hydrogens is 627 g/mol. The first-order valence-electron chi connectivity index (χ1n) is 15.5. The summed E-state index contributed by atoms with van der Waals surface area (Å²) in [6.07, 6.45) is 1.55. The number of benzene rings is 2. The maximum Gasteiger partial charge on any atom is 0.361 e. The van der Waals surface area contributed by atoms with Gasteiger partial charge in [0.2, 0.25) is 0 Å². The molecule has 0 saturated carbocycles. The number of carbonyl (C=O) groups excluding carboxylic acids is 1. The predicted octanol–water partition coefficient (Wildman–Crippen LogP) is 7.13. The number of ether oxygens (including phenoxy) is 3. The van der Waals surface area contributed by atoms with Crippen molar-refractivity contribution in [3.8, 4) is 33.6 Å². The molecule has 0 amide bonds. The van der Waals surface area contributed by atoms with E-state index in [2.05, 4.69) is 59.7 Å². The van der Waals surface area contributed by atoms with Gasteiger partial charge >= 0.3 is 5.97 Å². The van der Waals surface area contributed by atoms with Gasteiger partial charge in [-0.3, -0.25) is 0 Å². The Balaban J connectivity index is 1.38. The van der Waals surface area contributed by atoms with E-state index in [9.17, 15) is 4.79 Å². The maximum absolute atomic E-state index is 16.1. The highest BCUT2D eigenvalue weighted by molar-refractivity contribution is 6.76. The van der Waals surface area contributed by atoms with Crippen molar-refractivity contribution in [3.05, 3.63) is 59.4 Å². The van der Waals surface area contributed by atoms with E-state index in [0.717, 1.165) is 12.1 Å². The Morgan fingerprint density at radius 2 is 1.37 bits per heavy atom. The second-order valence-corrected chi connectivity index (χ2v) is 25.1. The number of nitrogens with zero attached hydrogens (tertiary/aromatic N) is 6. The Hall–Kier alpha value is -3.60. The zero-order chi connectivity index (χ0) is 33.3. The number of halogens is 2. The molecule has 0 unspecified atom stereocenters. The molecule has 2 heterocycles. The molecule has 1 aliphatic carbocycles. The van der Waals surface area contributed by atoms with Crippen LogP contribution in [-0.4, -0.2) is 71.9 Å². The summed E-state index contributed by atoms with van der Waals surface area (Å²) in [6.45, 7) is 16.8. The monoisotopic (exact) mass is 668 g/mol. The first kappa shape index (κ1) is 33.8. The third kappa shape index (κ3) is 7.68. The van der Waals surface area contributed by atoms with E-state index in [-0.39, 0.29) is 42.6 Å². The lowest BCUT2D eigenvalue weighted by Crippen LogP contribution is -2.22. The van der Waals surface area contributed by atoms with E-state index in [1.165, 1.54) is 21.7 Å². The molecule has 0 spiro atoms. The normalized spacial score (nSPS) is 13.9. The zero-order valence-electron chi connectivity index (χ0n) is 27.6. The van der Waals surface area contributed by atoms with Crippen molar-refractivity contribution in [3.63, 3.8) is 0 Å². The van der Waals surface area contributed by atoms with Crippen molar-refractivity contribution >= 4 is 22.1 Å². The minimum atomic E-state index is -3.30. The minimum Gasteiger partial charge on any atom is -0.461 e. The number of hydrogen-bond donors (Lipinski definition) is 0. The molecule has 0 atom stereocenters. The highest BCUT2D eigenvalue weighted by Crippen LogP contribution is 2.52. The lowest BCUT2D eigenvalue weighted by atomic mass is 10.0. The zero-order valence-corrected chi connectivity index (χ0v) is 29.6. The SMILES string of the molecule is CCOC(=O)c1nn(COCC[Si](C)(C)C)nc1-c1ccc2c(c1)C(F)(F)c1cc(-c3cnn(COCC[Si](C)(C)C)n3)ccc1-2. The van der Waals surface area contributed by atoms with Gasteiger partial charge in [0.15, 0.2) is 19.2 Å². The van der Waals surface area contributed by atoms with E-state index in [1.54, 1.807) is 37.4 Å². The predicted molar refractivity (Wildman–Crippen MR) is 177 cm³/mol. The van der Waals surface area contributed by atoms with Gasteiger partial charge < -0.3 is 14.2 Å². The summed E-state index contributed by atoms with van der Waals surface area (Å²) in [5, 5.41) is 17.5. The lowest BCUT2D eigenvalue weighted by Gasteiger charge is -2.15. The van der Waals surface area contributed by atoms with Crippen molar-refractivity contribution < 1.29 is 27.8 Å². The van der Waals surface area contributed by atoms with Gasteiger partial charge in [0, 0.05) is 51.6 Å². The summed E-state index contributed by atoms with van der Waals surface area (Å²) in [5.74, 6) is -3.98. The van der Waals surface area contributed by atoms with Gasteiger partial charge in [-0.15, -0.1) is 5.10 Å². The van der Waals surface area contributed by atoms with E-state index >= 15 is 8.78 Å². The highest BCUT2D eigenvalue weighted by Gasteiger charge is 2.45. The van der Waals surface area contributed by atoms with Crippen LogP contribution >= 0.6 is 0 Å². The molecule has 0 saturated heterocycles. The number of fused-ring (bicyclic) bond motifs is 3. The Bertz CT molecular complexity index is 1710. The number of rotatable bonds is 14.